The van der Waals surface area contributed by atoms with E-state index in [9.17, 15) is 22.8 Å². The summed E-state index contributed by atoms with van der Waals surface area (Å²) in [4.78, 5) is 25.4. The molecule has 0 radical (unpaired) electrons. The Morgan fingerprint density at radius 3 is 2.45 bits per heavy atom. The number of amides is 2. The lowest BCUT2D eigenvalue weighted by Gasteiger charge is -2.23. The molecule has 0 aliphatic carbocycles. The van der Waals surface area contributed by atoms with Crippen molar-refractivity contribution in [2.45, 2.75) is 51.8 Å². The number of halogens is 3. The lowest BCUT2D eigenvalue weighted by molar-refractivity contribution is -0.137. The van der Waals surface area contributed by atoms with Crippen LogP contribution in [0.3, 0.4) is 0 Å². The molecule has 12 heteroatoms. The van der Waals surface area contributed by atoms with E-state index in [-0.39, 0.29) is 13.2 Å². The highest BCUT2D eigenvalue weighted by molar-refractivity contribution is 5.93. The quantitative estimate of drug-likeness (QED) is 0.531. The summed E-state index contributed by atoms with van der Waals surface area (Å²) in [7, 11) is 0. The van der Waals surface area contributed by atoms with E-state index >= 15 is 0 Å². The molecule has 38 heavy (non-hydrogen) atoms. The first kappa shape index (κ1) is 28.6. The van der Waals surface area contributed by atoms with Crippen molar-refractivity contribution >= 4 is 23.4 Å². The zero-order valence-corrected chi connectivity index (χ0v) is 21.4. The van der Waals surface area contributed by atoms with Gasteiger partial charge in [-0.2, -0.15) is 18.4 Å². The van der Waals surface area contributed by atoms with Crippen molar-refractivity contribution in [1.29, 1.82) is 5.26 Å². The molecule has 3 rings (SSSR count). The fourth-order valence-corrected chi connectivity index (χ4v) is 3.71. The number of alkyl carbamates (subject to hydrolysis) is 1. The van der Waals surface area contributed by atoms with E-state index in [2.05, 4.69) is 10.6 Å². The number of nitrogens with one attached hydrogen (secondary N) is 2. The van der Waals surface area contributed by atoms with Crippen LogP contribution in [0.1, 0.15) is 38.8 Å². The Balaban J connectivity index is 1.50. The van der Waals surface area contributed by atoms with E-state index in [1.54, 1.807) is 62.9 Å². The minimum atomic E-state index is -4.65. The van der Waals surface area contributed by atoms with E-state index in [0.717, 1.165) is 12.1 Å². The maximum Gasteiger partial charge on any atom is 0.417 e. The Kier molecular flexibility index (Phi) is 8.73. The van der Waals surface area contributed by atoms with Crippen molar-refractivity contribution in [1.82, 2.24) is 5.32 Å². The molecule has 0 bridgehead atoms. The minimum absolute atomic E-state index is 0.148. The van der Waals surface area contributed by atoms with Crippen LogP contribution in [-0.2, 0) is 20.4 Å². The molecule has 0 spiro atoms. The number of carbonyl (C=O) groups excluding carboxylic acids is 2. The van der Waals surface area contributed by atoms with Gasteiger partial charge in [-0.05, 0) is 70.2 Å². The average molecular weight is 535 g/mol. The van der Waals surface area contributed by atoms with Gasteiger partial charge in [0.05, 0.1) is 23.7 Å². The maximum atomic E-state index is 13.3. The monoisotopic (exact) mass is 534 g/mol. The van der Waals surface area contributed by atoms with Gasteiger partial charge in [-0.25, -0.2) is 4.79 Å². The molecule has 2 aromatic rings. The molecule has 2 amide bonds. The second-order valence-corrected chi connectivity index (χ2v) is 9.59. The SMILES string of the molecule is C[C@H]1O[C@H](COc2ccc(NC(=O)CNC(=O)OC(C)(C)C)cc2)CN1c1ccc(C#N)c(C(F)(F)F)c1. The fraction of sp³-hybridized carbons (Fsp3) is 0.423. The topological polar surface area (TPSA) is 113 Å². The molecule has 1 fully saturated rings. The van der Waals surface area contributed by atoms with E-state index < -0.39 is 47.2 Å². The zero-order valence-electron chi connectivity index (χ0n) is 21.4. The first-order valence-electron chi connectivity index (χ1n) is 11.8. The van der Waals surface area contributed by atoms with Crippen LogP contribution in [0.15, 0.2) is 42.5 Å². The minimum Gasteiger partial charge on any atom is -0.491 e. The molecule has 1 heterocycles. The summed E-state index contributed by atoms with van der Waals surface area (Å²) in [6.07, 6.45) is -6.25. The Morgan fingerprint density at radius 1 is 1.16 bits per heavy atom. The summed E-state index contributed by atoms with van der Waals surface area (Å²) in [5, 5.41) is 14.0. The summed E-state index contributed by atoms with van der Waals surface area (Å²) in [6.45, 7) is 7.06. The van der Waals surface area contributed by atoms with Crippen LogP contribution >= 0.6 is 0 Å². The zero-order chi connectivity index (χ0) is 28.1. The van der Waals surface area contributed by atoms with Crippen molar-refractivity contribution in [2.75, 3.05) is 29.9 Å². The molecule has 204 valence electrons. The van der Waals surface area contributed by atoms with Crippen LogP contribution in [0.5, 0.6) is 5.75 Å². The number of ether oxygens (including phenoxy) is 3. The molecule has 1 aliphatic heterocycles. The van der Waals surface area contributed by atoms with E-state index in [1.807, 2.05) is 0 Å². The van der Waals surface area contributed by atoms with E-state index in [1.165, 1.54) is 6.07 Å². The normalized spacial score (nSPS) is 17.5. The Bertz CT molecular complexity index is 1190. The predicted octanol–water partition coefficient (Wildman–Crippen LogP) is 4.67. The Morgan fingerprint density at radius 2 is 1.84 bits per heavy atom. The van der Waals surface area contributed by atoms with Crippen LogP contribution in [0, 0.1) is 11.3 Å². The molecule has 2 N–H and O–H groups in total. The number of carbonyl (C=O) groups is 2. The number of rotatable bonds is 7. The van der Waals surface area contributed by atoms with Crippen molar-refractivity contribution in [3.63, 3.8) is 0 Å². The van der Waals surface area contributed by atoms with Gasteiger partial charge in [0.15, 0.2) is 0 Å². The fourth-order valence-electron chi connectivity index (χ4n) is 3.71. The van der Waals surface area contributed by atoms with Crippen molar-refractivity contribution < 1.29 is 37.0 Å². The second-order valence-electron chi connectivity index (χ2n) is 9.59. The Hall–Kier alpha value is -3.98. The van der Waals surface area contributed by atoms with Crippen molar-refractivity contribution in [3.8, 4) is 11.8 Å². The predicted molar refractivity (Wildman–Crippen MR) is 133 cm³/mol. The lowest BCUT2D eigenvalue weighted by atomic mass is 10.1. The Labute approximate surface area is 218 Å². The summed E-state index contributed by atoms with van der Waals surface area (Å²) in [6, 6.07) is 11.7. The molecule has 2 aromatic carbocycles. The first-order valence-corrected chi connectivity index (χ1v) is 11.8. The highest BCUT2D eigenvalue weighted by atomic mass is 19.4. The van der Waals surface area contributed by atoms with Crippen LogP contribution in [-0.4, -0.2) is 49.6 Å². The molecule has 0 saturated carbocycles. The van der Waals surface area contributed by atoms with Crippen LogP contribution in [0.4, 0.5) is 29.3 Å². The summed E-state index contributed by atoms with van der Waals surface area (Å²) in [5.74, 6) is 0.0664. The maximum absolute atomic E-state index is 13.3. The summed E-state index contributed by atoms with van der Waals surface area (Å²) >= 11 is 0. The lowest BCUT2D eigenvalue weighted by Crippen LogP contribution is -2.37. The molecule has 0 unspecified atom stereocenters. The largest absolute Gasteiger partial charge is 0.491 e. The molecule has 9 nitrogen and oxygen atoms in total. The van der Waals surface area contributed by atoms with Crippen molar-refractivity contribution in [2.24, 2.45) is 0 Å². The van der Waals surface area contributed by atoms with Gasteiger partial charge < -0.3 is 29.7 Å². The smallest absolute Gasteiger partial charge is 0.417 e. The number of hydrogen-bond acceptors (Lipinski definition) is 7. The third-order valence-electron chi connectivity index (χ3n) is 5.36. The number of nitrogens with zero attached hydrogens (tertiary/aromatic N) is 2. The van der Waals surface area contributed by atoms with Gasteiger partial charge in [-0.3, -0.25) is 4.79 Å². The van der Waals surface area contributed by atoms with E-state index in [0.29, 0.717) is 23.7 Å². The number of alkyl halides is 3. The van der Waals surface area contributed by atoms with Crippen molar-refractivity contribution in [3.05, 3.63) is 53.6 Å². The van der Waals surface area contributed by atoms with Gasteiger partial charge in [0.1, 0.15) is 36.8 Å². The standard InChI is InChI=1S/C26H29F3N4O5/c1-16-33(19-8-5-17(12-30)22(11-19)26(27,28)29)14-21(37-16)15-36-20-9-6-18(7-10-20)32-23(34)13-31-24(35)38-25(2,3)4/h5-11,16,21H,13-15H2,1-4H3,(H,31,35)(H,32,34)/t16-,21+/m1/s1. The number of benzene rings is 2. The molecule has 2 atom stereocenters. The van der Waals surface area contributed by atoms with Gasteiger partial charge in [0.2, 0.25) is 5.91 Å². The second kappa shape index (κ2) is 11.6. The van der Waals surface area contributed by atoms with Crippen LogP contribution < -0.4 is 20.3 Å². The van der Waals surface area contributed by atoms with Crippen LogP contribution in [0.2, 0.25) is 0 Å². The molecule has 1 aliphatic rings. The number of hydrogen-bond donors (Lipinski definition) is 2. The summed E-state index contributed by atoms with van der Waals surface area (Å²) in [5.41, 5.74) is -1.31. The van der Waals surface area contributed by atoms with Gasteiger partial charge in [-0.15, -0.1) is 0 Å². The molecular weight excluding hydrogens is 505 g/mol. The third kappa shape index (κ3) is 8.01. The molecule has 0 aromatic heterocycles. The molecular formula is C26H29F3N4O5. The third-order valence-corrected chi connectivity index (χ3v) is 5.36. The highest BCUT2D eigenvalue weighted by Crippen LogP contribution is 2.36. The van der Waals surface area contributed by atoms with Gasteiger partial charge in [-0.1, -0.05) is 0 Å². The van der Waals surface area contributed by atoms with Gasteiger partial charge >= 0.3 is 12.3 Å². The summed E-state index contributed by atoms with van der Waals surface area (Å²) < 4.78 is 56.7. The van der Waals surface area contributed by atoms with Gasteiger partial charge in [0, 0.05) is 11.4 Å². The number of nitriles is 1. The first-order chi connectivity index (χ1) is 17.7. The molecule has 1 saturated heterocycles. The van der Waals surface area contributed by atoms with E-state index in [4.69, 9.17) is 19.5 Å². The number of anilines is 2. The van der Waals surface area contributed by atoms with Crippen LogP contribution in [0.25, 0.3) is 0 Å². The average Bonchev–Trinajstić information content (AvgIpc) is 3.20. The van der Waals surface area contributed by atoms with Gasteiger partial charge in [0.25, 0.3) is 0 Å². The highest BCUT2D eigenvalue weighted by Gasteiger charge is 2.36.